The third-order valence-corrected chi connectivity index (χ3v) is 4.33. The average molecular weight is 283 g/mol. The summed E-state index contributed by atoms with van der Waals surface area (Å²) in [6.45, 7) is 7.36. The molecule has 114 valence electrons. The third kappa shape index (κ3) is 2.67. The Balaban J connectivity index is 2.08. The largest absolute Gasteiger partial charge is 0.481 e. The highest BCUT2D eigenvalue weighted by atomic mass is 16.4. The van der Waals surface area contributed by atoms with Gasteiger partial charge in [-0.05, 0) is 19.5 Å². The summed E-state index contributed by atoms with van der Waals surface area (Å²) in [7, 11) is 4.07. The summed E-state index contributed by atoms with van der Waals surface area (Å²) in [5.41, 5.74) is -0.858. The molecule has 0 aliphatic carbocycles. The summed E-state index contributed by atoms with van der Waals surface area (Å²) < 4.78 is 0. The molecule has 2 N–H and O–H groups in total. The predicted molar refractivity (Wildman–Crippen MR) is 75.3 cm³/mol. The molecule has 2 aliphatic heterocycles. The standard InChI is InChI=1S/C14H25N3O3/c1-13(2,7-16(3)4)8-17-5-10-11(18)15-6-14(10,9-17)12(19)20/h10H,5-9H2,1-4H3,(H,15,18)(H,19,20)/t10-,14+/m0/s1. The minimum Gasteiger partial charge on any atom is -0.481 e. The Morgan fingerprint density at radius 3 is 2.70 bits per heavy atom. The molecule has 0 aromatic carbocycles. The highest BCUT2D eigenvalue weighted by Gasteiger charge is 2.59. The van der Waals surface area contributed by atoms with Gasteiger partial charge in [0.1, 0.15) is 5.41 Å². The number of aliphatic carboxylic acids is 1. The number of likely N-dealkylation sites (tertiary alicyclic amines) is 1. The van der Waals surface area contributed by atoms with Crippen LogP contribution < -0.4 is 5.32 Å². The van der Waals surface area contributed by atoms with E-state index in [0.717, 1.165) is 13.1 Å². The number of carbonyl (C=O) groups is 2. The van der Waals surface area contributed by atoms with Gasteiger partial charge in [-0.25, -0.2) is 0 Å². The van der Waals surface area contributed by atoms with E-state index >= 15 is 0 Å². The minimum atomic E-state index is -0.925. The van der Waals surface area contributed by atoms with E-state index in [1.807, 2.05) is 14.1 Å². The van der Waals surface area contributed by atoms with Crippen LogP contribution in [0.5, 0.6) is 0 Å². The molecule has 0 unspecified atom stereocenters. The normalized spacial score (nSPS) is 30.6. The smallest absolute Gasteiger partial charge is 0.313 e. The predicted octanol–water partition coefficient (Wildman–Crippen LogP) is -0.293. The zero-order valence-corrected chi connectivity index (χ0v) is 12.8. The Morgan fingerprint density at radius 1 is 1.55 bits per heavy atom. The van der Waals surface area contributed by atoms with Gasteiger partial charge in [0.05, 0.1) is 5.92 Å². The van der Waals surface area contributed by atoms with Crippen molar-refractivity contribution in [2.45, 2.75) is 13.8 Å². The number of carboxylic acids is 1. The van der Waals surface area contributed by atoms with Gasteiger partial charge in [0, 0.05) is 32.7 Å². The number of nitrogens with one attached hydrogen (secondary N) is 1. The fourth-order valence-electron chi connectivity index (χ4n) is 3.81. The van der Waals surface area contributed by atoms with Gasteiger partial charge in [0.15, 0.2) is 0 Å². The first-order valence-corrected chi connectivity index (χ1v) is 7.04. The number of hydrogen-bond acceptors (Lipinski definition) is 4. The van der Waals surface area contributed by atoms with Crippen molar-refractivity contribution in [3.8, 4) is 0 Å². The number of carbonyl (C=O) groups excluding carboxylic acids is 1. The average Bonchev–Trinajstić information content (AvgIpc) is 2.75. The first-order chi connectivity index (χ1) is 9.16. The summed E-state index contributed by atoms with van der Waals surface area (Å²) in [6.07, 6.45) is 0. The Hall–Kier alpha value is -1.14. The van der Waals surface area contributed by atoms with E-state index in [4.69, 9.17) is 0 Å². The molecule has 6 nitrogen and oxygen atoms in total. The van der Waals surface area contributed by atoms with Crippen LogP contribution >= 0.6 is 0 Å². The molecule has 0 bridgehead atoms. The van der Waals surface area contributed by atoms with Crippen LogP contribution in [0.1, 0.15) is 13.8 Å². The van der Waals surface area contributed by atoms with Crippen LogP contribution in [0.3, 0.4) is 0 Å². The van der Waals surface area contributed by atoms with Gasteiger partial charge >= 0.3 is 5.97 Å². The number of amides is 1. The Kier molecular flexibility index (Phi) is 3.81. The molecule has 0 spiro atoms. The summed E-state index contributed by atoms with van der Waals surface area (Å²) in [5, 5.41) is 12.2. The maximum Gasteiger partial charge on any atom is 0.313 e. The second-order valence-corrected chi connectivity index (χ2v) is 7.30. The molecule has 6 heteroatoms. The van der Waals surface area contributed by atoms with Gasteiger partial charge in [-0.1, -0.05) is 13.8 Å². The van der Waals surface area contributed by atoms with E-state index in [1.165, 1.54) is 0 Å². The van der Waals surface area contributed by atoms with E-state index in [2.05, 4.69) is 29.0 Å². The molecule has 2 atom stereocenters. The molecule has 2 heterocycles. The summed E-state index contributed by atoms with van der Waals surface area (Å²) in [4.78, 5) is 27.7. The van der Waals surface area contributed by atoms with Gasteiger partial charge in [0.2, 0.25) is 5.91 Å². The molecule has 0 radical (unpaired) electrons. The fourth-order valence-corrected chi connectivity index (χ4v) is 3.81. The first kappa shape index (κ1) is 15.3. The van der Waals surface area contributed by atoms with Crippen molar-refractivity contribution < 1.29 is 14.7 Å². The first-order valence-electron chi connectivity index (χ1n) is 7.04. The van der Waals surface area contributed by atoms with Crippen molar-refractivity contribution in [3.63, 3.8) is 0 Å². The van der Waals surface area contributed by atoms with Crippen molar-refractivity contribution in [2.75, 3.05) is 46.8 Å². The van der Waals surface area contributed by atoms with Gasteiger partial charge in [-0.15, -0.1) is 0 Å². The van der Waals surface area contributed by atoms with Gasteiger partial charge < -0.3 is 20.2 Å². The molecule has 2 saturated heterocycles. The minimum absolute atomic E-state index is 0.0678. The molecular weight excluding hydrogens is 258 g/mol. The Bertz CT molecular complexity index is 422. The Morgan fingerprint density at radius 2 is 2.20 bits per heavy atom. The summed E-state index contributed by atoms with van der Waals surface area (Å²) in [5.74, 6) is -1.37. The molecule has 0 saturated carbocycles. The maximum atomic E-state index is 11.8. The zero-order valence-electron chi connectivity index (χ0n) is 12.8. The van der Waals surface area contributed by atoms with Crippen molar-refractivity contribution >= 4 is 11.9 Å². The summed E-state index contributed by atoms with van der Waals surface area (Å²) in [6, 6.07) is 0. The van der Waals surface area contributed by atoms with Crippen molar-refractivity contribution in [1.82, 2.24) is 15.1 Å². The fraction of sp³-hybridized carbons (Fsp3) is 0.857. The van der Waals surface area contributed by atoms with E-state index in [9.17, 15) is 14.7 Å². The van der Waals surface area contributed by atoms with Crippen LogP contribution in [-0.2, 0) is 9.59 Å². The van der Waals surface area contributed by atoms with Crippen molar-refractivity contribution in [1.29, 1.82) is 0 Å². The van der Waals surface area contributed by atoms with Crippen LogP contribution in [0.4, 0.5) is 0 Å². The van der Waals surface area contributed by atoms with Crippen LogP contribution in [0.2, 0.25) is 0 Å². The molecule has 20 heavy (non-hydrogen) atoms. The number of fused-ring (bicyclic) bond motifs is 1. The van der Waals surface area contributed by atoms with E-state index in [0.29, 0.717) is 13.1 Å². The molecule has 2 aliphatic rings. The molecular formula is C14H25N3O3. The SMILES string of the molecule is CN(C)CC(C)(C)CN1C[C@H]2C(=O)NC[C@@]2(C(=O)O)C1. The molecule has 1 amide bonds. The Labute approximate surface area is 120 Å². The number of nitrogens with zero attached hydrogens (tertiary/aromatic N) is 2. The van der Waals surface area contributed by atoms with Crippen molar-refractivity contribution in [3.05, 3.63) is 0 Å². The quantitative estimate of drug-likeness (QED) is 0.725. The lowest BCUT2D eigenvalue weighted by Gasteiger charge is -2.33. The maximum absolute atomic E-state index is 11.8. The van der Waals surface area contributed by atoms with Gasteiger partial charge in [0.25, 0.3) is 0 Å². The lowest BCUT2D eigenvalue weighted by atomic mass is 9.81. The van der Waals surface area contributed by atoms with E-state index < -0.39 is 17.3 Å². The second-order valence-electron chi connectivity index (χ2n) is 7.30. The lowest BCUT2D eigenvalue weighted by Crippen LogP contribution is -2.43. The number of rotatable bonds is 5. The topological polar surface area (TPSA) is 72.9 Å². The van der Waals surface area contributed by atoms with Gasteiger partial charge in [-0.2, -0.15) is 0 Å². The molecule has 0 aromatic heterocycles. The molecule has 2 rings (SSSR count). The van der Waals surface area contributed by atoms with Crippen LogP contribution in [0, 0.1) is 16.7 Å². The van der Waals surface area contributed by atoms with Gasteiger partial charge in [-0.3, -0.25) is 9.59 Å². The summed E-state index contributed by atoms with van der Waals surface area (Å²) >= 11 is 0. The number of carboxylic acid groups (broad SMARTS) is 1. The molecule has 2 fully saturated rings. The zero-order chi connectivity index (χ0) is 15.1. The second kappa shape index (κ2) is 5.00. The van der Waals surface area contributed by atoms with E-state index in [1.54, 1.807) is 0 Å². The highest BCUT2D eigenvalue weighted by Crippen LogP contribution is 2.40. The van der Waals surface area contributed by atoms with Crippen molar-refractivity contribution in [2.24, 2.45) is 16.7 Å². The highest BCUT2D eigenvalue weighted by molar-refractivity contribution is 5.92. The van der Waals surface area contributed by atoms with E-state index in [-0.39, 0.29) is 17.9 Å². The van der Waals surface area contributed by atoms with Crippen LogP contribution in [-0.4, -0.2) is 73.6 Å². The molecule has 0 aromatic rings. The lowest BCUT2D eigenvalue weighted by molar-refractivity contribution is -0.149. The number of hydrogen-bond donors (Lipinski definition) is 2. The van der Waals surface area contributed by atoms with Crippen LogP contribution in [0.25, 0.3) is 0 Å². The van der Waals surface area contributed by atoms with Crippen LogP contribution in [0.15, 0.2) is 0 Å². The monoisotopic (exact) mass is 283 g/mol. The third-order valence-electron chi connectivity index (χ3n) is 4.33.